The Kier molecular flexibility index (Phi) is 5.07. The summed E-state index contributed by atoms with van der Waals surface area (Å²) < 4.78 is 1.07. The maximum atomic E-state index is 5.88. The number of thioether (sulfide) groups is 1. The Morgan fingerprint density at radius 1 is 1.20 bits per heavy atom. The van der Waals surface area contributed by atoms with Crippen LogP contribution in [0.3, 0.4) is 0 Å². The van der Waals surface area contributed by atoms with E-state index in [1.165, 1.54) is 0 Å². The summed E-state index contributed by atoms with van der Waals surface area (Å²) in [5.41, 5.74) is 9.90. The molecule has 0 aliphatic rings. The molecule has 2 aromatic rings. The SMILES string of the molecule is CSc1cccc(Nc2cccc(Br)c2C)c1C(N)=S. The fraction of sp³-hybridized carbons (Fsp3) is 0.133. The second-order valence-corrected chi connectivity index (χ2v) is 6.43. The normalized spacial score (nSPS) is 10.3. The number of anilines is 2. The van der Waals surface area contributed by atoms with Crippen LogP contribution in [-0.4, -0.2) is 11.2 Å². The van der Waals surface area contributed by atoms with Crippen molar-refractivity contribution in [3.8, 4) is 0 Å². The molecule has 2 rings (SSSR count). The van der Waals surface area contributed by atoms with E-state index in [-0.39, 0.29) is 0 Å². The number of thiocarbonyl (C=S) groups is 1. The molecule has 104 valence electrons. The predicted octanol–water partition coefficient (Wildman–Crippen LogP) is 4.86. The van der Waals surface area contributed by atoms with Crippen LogP contribution in [0, 0.1) is 6.92 Å². The minimum atomic E-state index is 0.407. The van der Waals surface area contributed by atoms with Gasteiger partial charge in [-0.05, 0) is 43.0 Å². The topological polar surface area (TPSA) is 38.0 Å². The summed E-state index contributed by atoms with van der Waals surface area (Å²) in [4.78, 5) is 1.49. The molecular formula is C15H15BrN2S2. The summed E-state index contributed by atoms with van der Waals surface area (Å²) in [6.07, 6.45) is 2.02. The van der Waals surface area contributed by atoms with Gasteiger partial charge < -0.3 is 11.1 Å². The monoisotopic (exact) mass is 366 g/mol. The lowest BCUT2D eigenvalue weighted by atomic mass is 10.1. The lowest BCUT2D eigenvalue weighted by molar-refractivity contribution is 1.36. The van der Waals surface area contributed by atoms with E-state index in [0.29, 0.717) is 4.99 Å². The predicted molar refractivity (Wildman–Crippen MR) is 96.3 cm³/mol. The Bertz CT molecular complexity index is 656. The van der Waals surface area contributed by atoms with Gasteiger partial charge >= 0.3 is 0 Å². The van der Waals surface area contributed by atoms with Crippen molar-refractivity contribution in [1.29, 1.82) is 0 Å². The number of rotatable bonds is 4. The molecule has 0 radical (unpaired) electrons. The minimum Gasteiger partial charge on any atom is -0.389 e. The Hall–Kier alpha value is -1.04. The lowest BCUT2D eigenvalue weighted by Crippen LogP contribution is -2.13. The molecule has 0 aliphatic heterocycles. The maximum absolute atomic E-state index is 5.88. The summed E-state index contributed by atoms with van der Waals surface area (Å²) in [5.74, 6) is 0. The van der Waals surface area contributed by atoms with Crippen molar-refractivity contribution in [2.75, 3.05) is 11.6 Å². The van der Waals surface area contributed by atoms with Crippen LogP contribution >= 0.6 is 39.9 Å². The van der Waals surface area contributed by atoms with Crippen molar-refractivity contribution in [3.63, 3.8) is 0 Å². The zero-order valence-electron chi connectivity index (χ0n) is 11.2. The van der Waals surface area contributed by atoms with E-state index < -0.39 is 0 Å². The molecule has 0 bridgehead atoms. The number of nitrogens with one attached hydrogen (secondary N) is 1. The second-order valence-electron chi connectivity index (χ2n) is 4.28. The van der Waals surface area contributed by atoms with Gasteiger partial charge in [0.15, 0.2) is 0 Å². The summed E-state index contributed by atoms with van der Waals surface area (Å²) in [7, 11) is 0. The van der Waals surface area contributed by atoms with Crippen LogP contribution in [-0.2, 0) is 0 Å². The molecule has 5 heteroatoms. The third kappa shape index (κ3) is 3.16. The average molecular weight is 367 g/mol. The summed E-state index contributed by atoms with van der Waals surface area (Å²) in [6, 6.07) is 12.1. The van der Waals surface area contributed by atoms with Gasteiger partial charge in [0.2, 0.25) is 0 Å². The van der Waals surface area contributed by atoms with Crippen LogP contribution in [0.4, 0.5) is 11.4 Å². The largest absolute Gasteiger partial charge is 0.389 e. The van der Waals surface area contributed by atoms with Crippen LogP contribution in [0.1, 0.15) is 11.1 Å². The highest BCUT2D eigenvalue weighted by molar-refractivity contribution is 9.10. The molecule has 0 saturated heterocycles. The summed E-state index contributed by atoms with van der Waals surface area (Å²) >= 11 is 10.4. The molecule has 0 aliphatic carbocycles. The number of benzene rings is 2. The Morgan fingerprint density at radius 2 is 1.85 bits per heavy atom. The van der Waals surface area contributed by atoms with Crippen molar-refractivity contribution in [2.24, 2.45) is 5.73 Å². The van der Waals surface area contributed by atoms with Gasteiger partial charge in [-0.25, -0.2) is 0 Å². The Morgan fingerprint density at radius 3 is 2.50 bits per heavy atom. The molecule has 0 atom stereocenters. The zero-order chi connectivity index (χ0) is 14.7. The van der Waals surface area contributed by atoms with E-state index in [2.05, 4.69) is 28.2 Å². The second kappa shape index (κ2) is 6.61. The molecule has 2 aromatic carbocycles. The Labute approximate surface area is 137 Å². The molecule has 0 aromatic heterocycles. The zero-order valence-corrected chi connectivity index (χ0v) is 14.5. The van der Waals surface area contributed by atoms with Crippen molar-refractivity contribution < 1.29 is 0 Å². The van der Waals surface area contributed by atoms with Crippen LogP contribution in [0.5, 0.6) is 0 Å². The van der Waals surface area contributed by atoms with Crippen LogP contribution in [0.25, 0.3) is 0 Å². The van der Waals surface area contributed by atoms with Gasteiger partial charge in [-0.1, -0.05) is 40.3 Å². The first-order valence-corrected chi connectivity index (χ1v) is 8.46. The molecule has 2 nitrogen and oxygen atoms in total. The van der Waals surface area contributed by atoms with Gasteiger partial charge in [-0.15, -0.1) is 11.8 Å². The third-order valence-corrected chi connectivity index (χ3v) is 4.87. The quantitative estimate of drug-likeness (QED) is 0.598. The van der Waals surface area contributed by atoms with Crippen molar-refractivity contribution in [3.05, 3.63) is 52.0 Å². The maximum Gasteiger partial charge on any atom is 0.107 e. The van der Waals surface area contributed by atoms with Crippen LogP contribution in [0.2, 0.25) is 0 Å². The first-order valence-electron chi connectivity index (χ1n) is 6.03. The molecule has 0 amide bonds. The highest BCUT2D eigenvalue weighted by atomic mass is 79.9. The van der Waals surface area contributed by atoms with Gasteiger partial charge in [0.1, 0.15) is 4.99 Å². The Balaban J connectivity index is 2.48. The van der Waals surface area contributed by atoms with Gasteiger partial charge in [0.25, 0.3) is 0 Å². The van der Waals surface area contributed by atoms with Crippen LogP contribution < -0.4 is 11.1 Å². The first-order chi connectivity index (χ1) is 9.54. The summed E-state index contributed by atoms with van der Waals surface area (Å²) in [5, 5.41) is 3.43. The van der Waals surface area contributed by atoms with E-state index in [4.69, 9.17) is 18.0 Å². The highest BCUT2D eigenvalue weighted by Gasteiger charge is 2.12. The standard InChI is InChI=1S/C15H15BrN2S2/c1-9-10(16)5-3-6-11(9)18-12-7-4-8-13(20-2)14(12)15(17)19/h3-8,18H,1-2H3,(H2,17,19). The summed E-state index contributed by atoms with van der Waals surface area (Å²) in [6.45, 7) is 2.06. The minimum absolute atomic E-state index is 0.407. The van der Waals surface area contributed by atoms with Gasteiger partial charge in [0.05, 0.1) is 0 Å². The average Bonchev–Trinajstić information content (AvgIpc) is 2.43. The van der Waals surface area contributed by atoms with Crippen molar-refractivity contribution in [2.45, 2.75) is 11.8 Å². The smallest absolute Gasteiger partial charge is 0.107 e. The van der Waals surface area contributed by atoms with E-state index >= 15 is 0 Å². The number of nitrogens with two attached hydrogens (primary N) is 1. The van der Waals surface area contributed by atoms with E-state index in [9.17, 15) is 0 Å². The van der Waals surface area contributed by atoms with Gasteiger partial charge in [0, 0.05) is 26.3 Å². The third-order valence-electron chi connectivity index (χ3n) is 3.03. The van der Waals surface area contributed by atoms with Gasteiger partial charge in [-0.3, -0.25) is 0 Å². The number of halogens is 1. The molecule has 0 unspecified atom stereocenters. The first kappa shape index (κ1) is 15.4. The van der Waals surface area contributed by atoms with Crippen LogP contribution in [0.15, 0.2) is 45.8 Å². The van der Waals surface area contributed by atoms with E-state index in [1.807, 2.05) is 42.7 Å². The number of hydrogen-bond acceptors (Lipinski definition) is 3. The molecule has 0 spiro atoms. The number of hydrogen-bond donors (Lipinski definition) is 2. The molecule has 0 fully saturated rings. The highest BCUT2D eigenvalue weighted by Crippen LogP contribution is 2.31. The molecule has 0 heterocycles. The van der Waals surface area contributed by atoms with Gasteiger partial charge in [-0.2, -0.15) is 0 Å². The van der Waals surface area contributed by atoms with E-state index in [0.717, 1.165) is 31.9 Å². The van der Waals surface area contributed by atoms with Crippen molar-refractivity contribution in [1.82, 2.24) is 0 Å². The fourth-order valence-electron chi connectivity index (χ4n) is 1.95. The lowest BCUT2D eigenvalue weighted by Gasteiger charge is -2.16. The molecule has 0 saturated carbocycles. The molecule has 3 N–H and O–H groups in total. The van der Waals surface area contributed by atoms with E-state index in [1.54, 1.807) is 11.8 Å². The molecular weight excluding hydrogens is 352 g/mol. The van der Waals surface area contributed by atoms with Crippen molar-refractivity contribution >= 4 is 56.3 Å². The molecule has 20 heavy (non-hydrogen) atoms. The fourth-order valence-corrected chi connectivity index (χ4v) is 3.24.